The summed E-state index contributed by atoms with van der Waals surface area (Å²) >= 11 is 6.39. The lowest BCUT2D eigenvalue weighted by Crippen LogP contribution is -2.20. The summed E-state index contributed by atoms with van der Waals surface area (Å²) in [5.41, 5.74) is 1.66. The molecule has 1 aliphatic rings. The van der Waals surface area contributed by atoms with Crippen LogP contribution in [-0.2, 0) is 4.79 Å². The van der Waals surface area contributed by atoms with Crippen molar-refractivity contribution in [1.29, 1.82) is 0 Å². The van der Waals surface area contributed by atoms with Gasteiger partial charge in [-0.25, -0.2) is 4.98 Å². The van der Waals surface area contributed by atoms with E-state index in [2.05, 4.69) is 20.6 Å². The third kappa shape index (κ3) is 4.74. The summed E-state index contributed by atoms with van der Waals surface area (Å²) in [6.07, 6.45) is 3.98. The van der Waals surface area contributed by atoms with Gasteiger partial charge in [0.05, 0.1) is 23.2 Å². The van der Waals surface area contributed by atoms with Crippen LogP contribution in [0.3, 0.4) is 0 Å². The molecule has 30 heavy (non-hydrogen) atoms. The monoisotopic (exact) mass is 426 g/mol. The van der Waals surface area contributed by atoms with Crippen molar-refractivity contribution in [2.75, 3.05) is 17.2 Å². The molecule has 8 heteroatoms. The number of benzene rings is 1. The Balaban J connectivity index is 1.57. The summed E-state index contributed by atoms with van der Waals surface area (Å²) in [6.45, 7) is 3.97. The number of carbonyl (C=O) groups is 1. The van der Waals surface area contributed by atoms with Gasteiger partial charge in [-0.1, -0.05) is 11.6 Å². The summed E-state index contributed by atoms with van der Waals surface area (Å²) < 4.78 is 5.80. The number of hydrogen-bond donors (Lipinski definition) is 3. The van der Waals surface area contributed by atoms with Crippen molar-refractivity contribution in [3.63, 3.8) is 0 Å². The van der Waals surface area contributed by atoms with Crippen LogP contribution in [0.4, 0.5) is 11.5 Å². The highest BCUT2D eigenvalue weighted by Gasteiger charge is 2.22. The van der Waals surface area contributed by atoms with Gasteiger partial charge < -0.3 is 20.4 Å². The van der Waals surface area contributed by atoms with Crippen molar-refractivity contribution in [3.8, 4) is 5.75 Å². The van der Waals surface area contributed by atoms with Crippen molar-refractivity contribution < 1.29 is 9.53 Å². The van der Waals surface area contributed by atoms with Gasteiger partial charge in [0.1, 0.15) is 11.6 Å². The van der Waals surface area contributed by atoms with Crippen molar-refractivity contribution >= 4 is 39.9 Å². The van der Waals surface area contributed by atoms with Crippen LogP contribution in [-0.4, -0.2) is 22.5 Å². The Hall–Kier alpha value is -3.06. The van der Waals surface area contributed by atoms with E-state index in [-0.39, 0.29) is 17.5 Å². The number of nitrogens with one attached hydrogen (secondary N) is 3. The third-order valence-electron chi connectivity index (χ3n) is 5.01. The number of amides is 1. The Labute approximate surface area is 178 Å². The fraction of sp³-hybridized carbons (Fsp3) is 0.318. The van der Waals surface area contributed by atoms with Gasteiger partial charge >= 0.3 is 0 Å². The molecule has 0 spiro atoms. The van der Waals surface area contributed by atoms with E-state index in [1.54, 1.807) is 30.5 Å². The van der Waals surface area contributed by atoms with Crippen LogP contribution in [0, 0.1) is 5.92 Å². The quantitative estimate of drug-likeness (QED) is 0.517. The van der Waals surface area contributed by atoms with Crippen molar-refractivity contribution in [2.24, 2.45) is 5.92 Å². The summed E-state index contributed by atoms with van der Waals surface area (Å²) in [7, 11) is 0. The lowest BCUT2D eigenvalue weighted by Gasteiger charge is -2.16. The number of H-pyrrole nitrogens is 1. The summed E-state index contributed by atoms with van der Waals surface area (Å²) in [6, 6.07) is 8.50. The predicted octanol–water partition coefficient (Wildman–Crippen LogP) is 4.50. The Kier molecular flexibility index (Phi) is 5.63. The smallest absolute Gasteiger partial charge is 0.253 e. The molecule has 1 amide bonds. The minimum Gasteiger partial charge on any atom is -0.492 e. The second kappa shape index (κ2) is 8.36. The van der Waals surface area contributed by atoms with Gasteiger partial charge in [0.2, 0.25) is 5.91 Å². The molecule has 156 valence electrons. The number of carbonyl (C=O) groups excluding carboxylic acids is 1. The van der Waals surface area contributed by atoms with Gasteiger partial charge in [0.15, 0.2) is 0 Å². The van der Waals surface area contributed by atoms with E-state index in [1.165, 1.54) is 19.8 Å². The van der Waals surface area contributed by atoms with E-state index in [0.29, 0.717) is 45.9 Å². The molecule has 1 aliphatic carbocycles. The van der Waals surface area contributed by atoms with Crippen LogP contribution < -0.4 is 20.9 Å². The molecular formula is C22H23ClN4O3. The van der Waals surface area contributed by atoms with E-state index in [0.717, 1.165) is 5.39 Å². The number of aromatic nitrogens is 2. The van der Waals surface area contributed by atoms with E-state index in [9.17, 15) is 9.59 Å². The van der Waals surface area contributed by atoms with E-state index < -0.39 is 0 Å². The minimum absolute atomic E-state index is 0.163. The number of halogens is 1. The molecule has 0 unspecified atom stereocenters. The molecule has 1 aromatic carbocycles. The number of ether oxygens (including phenoxy) is 1. The number of hydrogen-bond acceptors (Lipinski definition) is 5. The zero-order valence-electron chi connectivity index (χ0n) is 16.8. The summed E-state index contributed by atoms with van der Waals surface area (Å²) in [5.74, 6) is 1.59. The molecule has 3 N–H and O–H groups in total. The van der Waals surface area contributed by atoms with E-state index in [1.807, 2.05) is 13.0 Å². The zero-order valence-corrected chi connectivity index (χ0v) is 17.5. The molecular weight excluding hydrogens is 404 g/mol. The number of nitrogens with zero attached hydrogens (tertiary/aromatic N) is 1. The first-order valence-electron chi connectivity index (χ1n) is 9.88. The van der Waals surface area contributed by atoms with Crippen molar-refractivity contribution in [2.45, 2.75) is 32.7 Å². The minimum atomic E-state index is -0.317. The maximum Gasteiger partial charge on any atom is 0.253 e. The largest absolute Gasteiger partial charge is 0.492 e. The lowest BCUT2D eigenvalue weighted by molar-refractivity contribution is -0.114. The molecule has 4 rings (SSSR count). The molecule has 1 saturated carbocycles. The first-order valence-corrected chi connectivity index (χ1v) is 10.3. The Morgan fingerprint density at radius 3 is 2.87 bits per heavy atom. The standard InChI is InChI=1S/C22H23ClN4O3/c1-12(25-21-9-16(5-6-24-21)26-13(2)28)17-7-15-8-18(23)20(30-11-14-3-4-14)10-19(15)27-22(17)29/h5-10,12,14H,3-4,11H2,1-2H3,(H,27,29)(H2,24,25,26,28)/t12-/m0/s1. The zero-order chi connectivity index (χ0) is 21.3. The lowest BCUT2D eigenvalue weighted by atomic mass is 10.1. The molecule has 0 bridgehead atoms. The van der Waals surface area contributed by atoms with Gasteiger partial charge in [-0.2, -0.15) is 0 Å². The fourth-order valence-corrected chi connectivity index (χ4v) is 3.47. The second-order valence-corrected chi connectivity index (χ2v) is 8.06. The van der Waals surface area contributed by atoms with Gasteiger partial charge in [-0.3, -0.25) is 9.59 Å². The third-order valence-corrected chi connectivity index (χ3v) is 5.30. The summed E-state index contributed by atoms with van der Waals surface area (Å²) in [5, 5.41) is 7.26. The maximum atomic E-state index is 12.7. The Morgan fingerprint density at radius 1 is 1.33 bits per heavy atom. The molecule has 7 nitrogen and oxygen atoms in total. The topological polar surface area (TPSA) is 96.1 Å². The van der Waals surface area contributed by atoms with Gasteiger partial charge in [-0.15, -0.1) is 0 Å². The van der Waals surface area contributed by atoms with Crippen molar-refractivity contribution in [3.05, 3.63) is 57.5 Å². The second-order valence-electron chi connectivity index (χ2n) is 7.66. The highest BCUT2D eigenvalue weighted by atomic mass is 35.5. The number of aromatic amines is 1. The average molecular weight is 427 g/mol. The average Bonchev–Trinajstić information content (AvgIpc) is 3.50. The molecule has 2 heterocycles. The summed E-state index contributed by atoms with van der Waals surface area (Å²) in [4.78, 5) is 31.1. The molecule has 0 aliphatic heterocycles. The highest BCUT2D eigenvalue weighted by molar-refractivity contribution is 6.32. The fourth-order valence-electron chi connectivity index (χ4n) is 3.24. The number of fused-ring (bicyclic) bond motifs is 1. The first kappa shape index (κ1) is 20.2. The highest BCUT2D eigenvalue weighted by Crippen LogP contribution is 2.34. The molecule has 1 atom stereocenters. The van der Waals surface area contributed by atoms with Crippen LogP contribution in [0.2, 0.25) is 5.02 Å². The predicted molar refractivity (Wildman–Crippen MR) is 118 cm³/mol. The van der Waals surface area contributed by atoms with Crippen LogP contribution in [0.1, 0.15) is 38.3 Å². The number of pyridine rings is 2. The first-order chi connectivity index (χ1) is 14.4. The molecule has 0 radical (unpaired) electrons. The van der Waals surface area contributed by atoms with Gasteiger partial charge in [-0.05, 0) is 43.9 Å². The SMILES string of the molecule is CC(=O)Nc1ccnc(N[C@@H](C)c2cc3cc(Cl)c(OCC4CC4)cc3[nH]c2=O)c1. The van der Waals surface area contributed by atoms with E-state index >= 15 is 0 Å². The van der Waals surface area contributed by atoms with E-state index in [4.69, 9.17) is 16.3 Å². The molecule has 0 saturated heterocycles. The molecule has 3 aromatic rings. The van der Waals surface area contributed by atoms with Crippen LogP contribution in [0.5, 0.6) is 5.75 Å². The molecule has 2 aromatic heterocycles. The van der Waals surface area contributed by atoms with Gasteiger partial charge in [0.25, 0.3) is 5.56 Å². The van der Waals surface area contributed by atoms with Crippen LogP contribution in [0.25, 0.3) is 10.9 Å². The normalized spacial score (nSPS) is 14.4. The Morgan fingerprint density at radius 2 is 2.13 bits per heavy atom. The van der Waals surface area contributed by atoms with Crippen molar-refractivity contribution in [1.82, 2.24) is 9.97 Å². The van der Waals surface area contributed by atoms with Crippen LogP contribution in [0.15, 0.2) is 41.3 Å². The Bertz CT molecular complexity index is 1160. The molecule has 1 fully saturated rings. The maximum absolute atomic E-state index is 12.7. The number of anilines is 2. The van der Waals surface area contributed by atoms with Gasteiger partial charge in [0, 0.05) is 41.9 Å². The number of rotatable bonds is 7. The van der Waals surface area contributed by atoms with Crippen LogP contribution >= 0.6 is 11.6 Å².